The van der Waals surface area contributed by atoms with Crippen molar-refractivity contribution in [2.75, 3.05) is 18.0 Å². The first kappa shape index (κ1) is 34.0. The van der Waals surface area contributed by atoms with Crippen molar-refractivity contribution in [3.05, 3.63) is 107 Å². The summed E-state index contributed by atoms with van der Waals surface area (Å²) in [5.41, 5.74) is 11.5. The third kappa shape index (κ3) is 7.85. The Morgan fingerprint density at radius 1 is 0.978 bits per heavy atom. The minimum Gasteiger partial charge on any atom is -0.384 e. The van der Waals surface area contributed by atoms with Crippen LogP contribution in [0.15, 0.2) is 84.9 Å². The summed E-state index contributed by atoms with van der Waals surface area (Å²) >= 11 is 0. The fourth-order valence-electron chi connectivity index (χ4n) is 6.29. The van der Waals surface area contributed by atoms with Crippen LogP contribution in [0.25, 0.3) is 21.8 Å². The first-order valence-corrected chi connectivity index (χ1v) is 15.3. The molecule has 2 heterocycles. The highest BCUT2D eigenvalue weighted by molar-refractivity contribution is 5.97. The number of carbonyl (C=O) groups is 1. The first-order valence-electron chi connectivity index (χ1n) is 15.3. The molecular weight excluding hydrogens is 603 g/mol. The molecule has 1 aliphatic rings. The number of aryl methyl sites for hydroxylation is 3. The number of fused-ring (bicyclic) bond motifs is 2. The number of nitrogens with two attached hydrogens (primary N) is 1. The fraction of sp³-hybridized carbons (Fsp3) is 0.306. The maximum absolute atomic E-state index is 13.9. The number of nitrogens with one attached hydrogen (secondary N) is 2. The topological polar surface area (TPSA) is 100 Å². The van der Waals surface area contributed by atoms with E-state index >= 15 is 0 Å². The summed E-state index contributed by atoms with van der Waals surface area (Å²) in [5.74, 6) is 1.85. The van der Waals surface area contributed by atoms with E-state index in [1.807, 2.05) is 29.2 Å². The molecule has 0 saturated carbocycles. The Morgan fingerprint density at radius 2 is 1.71 bits per heavy atom. The zero-order valence-corrected chi connectivity index (χ0v) is 27.3. The quantitative estimate of drug-likeness (QED) is 0.113. The summed E-state index contributed by atoms with van der Waals surface area (Å²) in [6.07, 6.45) is 5.37. The lowest BCUT2D eigenvalue weighted by atomic mass is 9.93. The van der Waals surface area contributed by atoms with Gasteiger partial charge in [-0.1, -0.05) is 66.7 Å². The molecule has 4 N–H and O–H groups in total. The largest absolute Gasteiger partial charge is 0.384 e. The molecule has 45 heavy (non-hydrogen) atoms. The van der Waals surface area contributed by atoms with Gasteiger partial charge in [-0.15, -0.1) is 24.8 Å². The minimum absolute atomic E-state index is 0. The normalized spacial score (nSPS) is 13.3. The third-order valence-corrected chi connectivity index (χ3v) is 8.91. The van der Waals surface area contributed by atoms with Crippen LogP contribution in [0.4, 0.5) is 5.69 Å². The molecule has 7 nitrogen and oxygen atoms in total. The molecule has 0 bridgehead atoms. The first-order chi connectivity index (χ1) is 21.0. The van der Waals surface area contributed by atoms with Crippen LogP contribution in [0.1, 0.15) is 48.2 Å². The number of nitrogens with zero attached hydrogens (tertiary/aromatic N) is 3. The Hall–Kier alpha value is -3.91. The van der Waals surface area contributed by atoms with E-state index < -0.39 is 0 Å². The predicted octanol–water partition coefficient (Wildman–Crippen LogP) is 6.95. The van der Waals surface area contributed by atoms with Gasteiger partial charge in [-0.05, 0) is 84.8 Å². The molecule has 9 heteroatoms. The molecule has 5 aromatic rings. The molecule has 236 valence electrons. The van der Waals surface area contributed by atoms with Crippen molar-refractivity contribution >= 4 is 64.1 Å². The second-order valence-electron chi connectivity index (χ2n) is 11.7. The number of hydrogen-bond acceptors (Lipinski definition) is 4. The van der Waals surface area contributed by atoms with Crippen LogP contribution in [-0.2, 0) is 31.2 Å². The van der Waals surface area contributed by atoms with Gasteiger partial charge < -0.3 is 20.5 Å². The number of rotatable bonds is 10. The van der Waals surface area contributed by atoms with Gasteiger partial charge >= 0.3 is 0 Å². The molecule has 1 aliphatic heterocycles. The van der Waals surface area contributed by atoms with E-state index in [9.17, 15) is 4.79 Å². The van der Waals surface area contributed by atoms with Crippen LogP contribution in [0.3, 0.4) is 0 Å². The molecule has 0 radical (unpaired) electrons. The van der Waals surface area contributed by atoms with Gasteiger partial charge in [-0.2, -0.15) is 0 Å². The van der Waals surface area contributed by atoms with Gasteiger partial charge in [0, 0.05) is 31.1 Å². The van der Waals surface area contributed by atoms with Crippen molar-refractivity contribution < 1.29 is 4.79 Å². The maximum atomic E-state index is 13.9. The number of amides is 1. The van der Waals surface area contributed by atoms with Gasteiger partial charge in [-0.3, -0.25) is 10.2 Å². The van der Waals surface area contributed by atoms with Gasteiger partial charge in [-0.25, -0.2) is 4.98 Å². The summed E-state index contributed by atoms with van der Waals surface area (Å²) in [5, 5.41) is 13.4. The van der Waals surface area contributed by atoms with E-state index in [2.05, 4.69) is 77.6 Å². The van der Waals surface area contributed by atoms with Crippen LogP contribution in [0, 0.1) is 11.3 Å². The van der Waals surface area contributed by atoms with E-state index in [-0.39, 0.29) is 36.6 Å². The van der Waals surface area contributed by atoms with E-state index in [1.54, 1.807) is 0 Å². The van der Waals surface area contributed by atoms with Crippen LogP contribution in [-0.4, -0.2) is 34.4 Å². The van der Waals surface area contributed by atoms with E-state index in [0.717, 1.165) is 78.9 Å². The molecule has 1 aromatic heterocycles. The number of anilines is 1. The van der Waals surface area contributed by atoms with Crippen molar-refractivity contribution in [2.45, 2.75) is 45.1 Å². The van der Waals surface area contributed by atoms with Crippen molar-refractivity contribution in [2.24, 2.45) is 18.7 Å². The van der Waals surface area contributed by atoms with Gasteiger partial charge in [0.1, 0.15) is 11.7 Å². The van der Waals surface area contributed by atoms with Crippen LogP contribution < -0.4 is 16.0 Å². The zero-order valence-electron chi connectivity index (χ0n) is 25.7. The standard InChI is InChI=1S/C36H40N6O.2ClH/c1-41-33-16-15-30(23-32(33)40-34(41)17-11-25-9-13-28(14-10-25)36(37)38)42(35(43)18-12-26-19-21-39-22-20-26)24-29-7-4-6-27-5-2-3-8-31(27)29;;/h2-10,13-16,23,26,39H,11-12,17-22,24H2,1H3,(H3,37,38);2*1H. The lowest BCUT2D eigenvalue weighted by Crippen LogP contribution is -2.32. The number of hydrogen-bond donors (Lipinski definition) is 3. The van der Waals surface area contributed by atoms with Gasteiger partial charge in [0.2, 0.25) is 5.91 Å². The van der Waals surface area contributed by atoms with E-state index in [0.29, 0.717) is 18.9 Å². The monoisotopic (exact) mass is 644 g/mol. The zero-order chi connectivity index (χ0) is 29.8. The molecule has 4 aromatic carbocycles. The van der Waals surface area contributed by atoms with Crippen LogP contribution in [0.5, 0.6) is 0 Å². The van der Waals surface area contributed by atoms with E-state index in [1.165, 1.54) is 16.3 Å². The second-order valence-corrected chi connectivity index (χ2v) is 11.7. The lowest BCUT2D eigenvalue weighted by Gasteiger charge is -2.26. The van der Waals surface area contributed by atoms with Crippen molar-refractivity contribution in [3.8, 4) is 0 Å². The minimum atomic E-state index is 0. The fourth-order valence-corrected chi connectivity index (χ4v) is 6.29. The number of amidine groups is 1. The van der Waals surface area contributed by atoms with Crippen molar-refractivity contribution in [3.63, 3.8) is 0 Å². The molecule has 1 fully saturated rings. The Kier molecular flexibility index (Phi) is 11.6. The highest BCUT2D eigenvalue weighted by Crippen LogP contribution is 2.29. The molecule has 1 amide bonds. The maximum Gasteiger partial charge on any atom is 0.227 e. The molecule has 1 saturated heterocycles. The number of nitrogen functional groups attached to an aromatic ring is 1. The molecule has 0 spiro atoms. The number of piperidine rings is 1. The molecular formula is C36H42Cl2N6O. The third-order valence-electron chi connectivity index (χ3n) is 8.91. The molecule has 0 atom stereocenters. The average molecular weight is 646 g/mol. The van der Waals surface area contributed by atoms with Gasteiger partial charge in [0.15, 0.2) is 0 Å². The summed E-state index contributed by atoms with van der Waals surface area (Å²) in [7, 11) is 2.06. The number of aromatic nitrogens is 2. The predicted molar refractivity (Wildman–Crippen MR) is 190 cm³/mol. The smallest absolute Gasteiger partial charge is 0.227 e. The van der Waals surface area contributed by atoms with E-state index in [4.69, 9.17) is 16.1 Å². The number of carbonyl (C=O) groups excluding carboxylic acids is 1. The summed E-state index contributed by atoms with van der Waals surface area (Å²) in [4.78, 5) is 20.9. The second kappa shape index (κ2) is 15.4. The van der Waals surface area contributed by atoms with Gasteiger partial charge in [0.25, 0.3) is 0 Å². The summed E-state index contributed by atoms with van der Waals surface area (Å²) in [6, 6.07) is 28.8. The van der Waals surface area contributed by atoms with Gasteiger partial charge in [0.05, 0.1) is 17.6 Å². The Bertz CT molecular complexity index is 1760. The Morgan fingerprint density at radius 3 is 2.47 bits per heavy atom. The molecule has 0 aliphatic carbocycles. The highest BCUT2D eigenvalue weighted by Gasteiger charge is 2.21. The highest BCUT2D eigenvalue weighted by atomic mass is 35.5. The van der Waals surface area contributed by atoms with Crippen LogP contribution >= 0.6 is 24.8 Å². The average Bonchev–Trinajstić information content (AvgIpc) is 3.36. The SMILES string of the molecule is Cl.Cl.Cn1c(CCc2ccc(C(=N)N)cc2)nc2cc(N(Cc3cccc4ccccc34)C(=O)CCC3CCNCC3)ccc21. The van der Waals surface area contributed by atoms with Crippen molar-refractivity contribution in [1.82, 2.24) is 14.9 Å². The molecule has 0 unspecified atom stereocenters. The summed E-state index contributed by atoms with van der Waals surface area (Å²) < 4.78 is 2.15. The van der Waals surface area contributed by atoms with Crippen LogP contribution in [0.2, 0.25) is 0 Å². The van der Waals surface area contributed by atoms with Crippen molar-refractivity contribution in [1.29, 1.82) is 5.41 Å². The number of imidazole rings is 1. The Balaban J connectivity index is 0.00000230. The summed E-state index contributed by atoms with van der Waals surface area (Å²) in [6.45, 7) is 2.61. The lowest BCUT2D eigenvalue weighted by molar-refractivity contribution is -0.119. The Labute approximate surface area is 277 Å². The number of benzene rings is 4. The molecule has 6 rings (SSSR count). The number of halogens is 2.